The molecule has 1 aromatic rings. The van der Waals surface area contributed by atoms with Crippen molar-refractivity contribution in [3.63, 3.8) is 0 Å². The summed E-state index contributed by atoms with van der Waals surface area (Å²) >= 11 is 0. The van der Waals surface area contributed by atoms with E-state index in [1.54, 1.807) is 12.1 Å². The molecule has 0 atom stereocenters. The second kappa shape index (κ2) is 7.75. The van der Waals surface area contributed by atoms with E-state index < -0.39 is 0 Å². The van der Waals surface area contributed by atoms with Crippen LogP contribution < -0.4 is 16.4 Å². The lowest BCUT2D eigenvalue weighted by atomic mass is 10.2. The molecule has 1 aliphatic rings. The van der Waals surface area contributed by atoms with Gasteiger partial charge >= 0.3 is 0 Å². The Labute approximate surface area is 124 Å². The summed E-state index contributed by atoms with van der Waals surface area (Å²) in [5.41, 5.74) is 6.92. The minimum atomic E-state index is -0.0847. The Bertz CT molecular complexity index is 475. The average molecular weight is 298 g/mol. The first-order chi connectivity index (χ1) is 9.16. The number of nitrogens with two attached hydrogens (primary N) is 1. The second-order valence-corrected chi connectivity index (χ2v) is 4.80. The maximum absolute atomic E-state index is 11.7. The Balaban J connectivity index is 0.00000200. The molecule has 1 aromatic carbocycles. The molecule has 1 saturated carbocycles. The maximum Gasteiger partial charge on any atom is 0.224 e. The number of nitrogens with one attached hydrogen (secondary N) is 2. The largest absolute Gasteiger partial charge is 0.397 e. The van der Waals surface area contributed by atoms with E-state index in [0.717, 1.165) is 12.8 Å². The molecule has 0 heterocycles. The molecule has 110 valence electrons. The molecular weight excluding hydrogens is 278 g/mol. The highest BCUT2D eigenvalue weighted by atomic mass is 35.5. The Morgan fingerprint density at radius 2 is 1.95 bits per heavy atom. The summed E-state index contributed by atoms with van der Waals surface area (Å²) in [6.45, 7) is 0.549. The molecule has 4 N–H and O–H groups in total. The lowest BCUT2D eigenvalue weighted by molar-refractivity contribution is -0.122. The van der Waals surface area contributed by atoms with Gasteiger partial charge in [0.25, 0.3) is 0 Å². The number of carbonyl (C=O) groups excluding carboxylic acids is 2. The Hall–Kier alpha value is -1.75. The van der Waals surface area contributed by atoms with Gasteiger partial charge in [-0.2, -0.15) is 0 Å². The molecule has 0 spiro atoms. The van der Waals surface area contributed by atoms with Crippen molar-refractivity contribution in [2.75, 3.05) is 17.6 Å². The maximum atomic E-state index is 11.7. The highest BCUT2D eigenvalue weighted by molar-refractivity contribution is 5.93. The second-order valence-electron chi connectivity index (χ2n) is 4.80. The van der Waals surface area contributed by atoms with E-state index >= 15 is 0 Å². The van der Waals surface area contributed by atoms with Crippen LogP contribution in [0.4, 0.5) is 11.4 Å². The Kier molecular flexibility index (Phi) is 6.31. The first-order valence-corrected chi connectivity index (χ1v) is 6.59. The molecule has 20 heavy (non-hydrogen) atoms. The molecule has 1 aliphatic carbocycles. The van der Waals surface area contributed by atoms with Gasteiger partial charge in [-0.1, -0.05) is 12.1 Å². The fourth-order valence-corrected chi connectivity index (χ4v) is 1.77. The van der Waals surface area contributed by atoms with Gasteiger partial charge in [0, 0.05) is 18.9 Å². The van der Waals surface area contributed by atoms with E-state index in [-0.39, 0.29) is 30.1 Å². The van der Waals surface area contributed by atoms with Crippen LogP contribution in [0.3, 0.4) is 0 Å². The van der Waals surface area contributed by atoms with Crippen molar-refractivity contribution in [2.45, 2.75) is 25.7 Å². The lowest BCUT2D eigenvalue weighted by Crippen LogP contribution is -2.26. The summed E-state index contributed by atoms with van der Waals surface area (Å²) in [6.07, 6.45) is 3.01. The fourth-order valence-electron chi connectivity index (χ4n) is 1.77. The average Bonchev–Trinajstić information content (AvgIpc) is 3.21. The van der Waals surface area contributed by atoms with E-state index in [0.29, 0.717) is 30.8 Å². The van der Waals surface area contributed by atoms with E-state index in [1.807, 2.05) is 12.1 Å². The van der Waals surface area contributed by atoms with Crippen LogP contribution in [0.1, 0.15) is 25.7 Å². The number of hydrogen-bond acceptors (Lipinski definition) is 3. The number of anilines is 2. The number of nitrogen functional groups attached to an aromatic ring is 1. The number of hydrogen-bond donors (Lipinski definition) is 3. The molecule has 0 aliphatic heterocycles. The molecule has 2 rings (SSSR count). The van der Waals surface area contributed by atoms with E-state index in [2.05, 4.69) is 10.6 Å². The number of rotatable bonds is 6. The summed E-state index contributed by atoms with van der Waals surface area (Å²) in [5.74, 6) is 0.254. The van der Waals surface area contributed by atoms with Crippen molar-refractivity contribution in [1.29, 1.82) is 0 Å². The van der Waals surface area contributed by atoms with Gasteiger partial charge in [0.1, 0.15) is 0 Å². The van der Waals surface area contributed by atoms with Gasteiger partial charge < -0.3 is 16.4 Å². The molecule has 1 fully saturated rings. The van der Waals surface area contributed by atoms with Gasteiger partial charge in [-0.3, -0.25) is 9.59 Å². The monoisotopic (exact) mass is 297 g/mol. The van der Waals surface area contributed by atoms with Gasteiger partial charge in [0.2, 0.25) is 11.8 Å². The molecule has 0 saturated heterocycles. The summed E-state index contributed by atoms with van der Waals surface area (Å²) < 4.78 is 0. The van der Waals surface area contributed by atoms with Crippen molar-refractivity contribution in [2.24, 2.45) is 5.92 Å². The molecule has 0 radical (unpaired) electrons. The summed E-state index contributed by atoms with van der Waals surface area (Å²) in [6, 6.07) is 7.15. The third kappa shape index (κ3) is 5.09. The zero-order valence-electron chi connectivity index (χ0n) is 11.2. The topological polar surface area (TPSA) is 84.2 Å². The lowest BCUT2D eigenvalue weighted by Gasteiger charge is -2.08. The van der Waals surface area contributed by atoms with Gasteiger partial charge in [-0.05, 0) is 31.4 Å². The third-order valence-electron chi connectivity index (χ3n) is 3.06. The summed E-state index contributed by atoms with van der Waals surface area (Å²) in [4.78, 5) is 23.0. The third-order valence-corrected chi connectivity index (χ3v) is 3.06. The SMILES string of the molecule is Cl.Nc1ccccc1NC(=O)CCCNC(=O)C1CC1. The van der Waals surface area contributed by atoms with Crippen LogP contribution in [-0.4, -0.2) is 18.4 Å². The number of halogens is 1. The van der Waals surface area contributed by atoms with Crippen LogP contribution in [0.25, 0.3) is 0 Å². The number of para-hydroxylation sites is 2. The van der Waals surface area contributed by atoms with Gasteiger partial charge in [-0.15, -0.1) is 12.4 Å². The minimum absolute atomic E-state index is 0. The van der Waals surface area contributed by atoms with Crippen LogP contribution in [0.15, 0.2) is 24.3 Å². The first-order valence-electron chi connectivity index (χ1n) is 6.59. The fraction of sp³-hybridized carbons (Fsp3) is 0.429. The van der Waals surface area contributed by atoms with E-state index in [4.69, 9.17) is 5.73 Å². The molecule has 6 heteroatoms. The van der Waals surface area contributed by atoms with Crippen LogP contribution in [0, 0.1) is 5.92 Å². The van der Waals surface area contributed by atoms with Crippen LogP contribution in [0.5, 0.6) is 0 Å². The van der Waals surface area contributed by atoms with Crippen molar-refractivity contribution >= 4 is 35.6 Å². The summed E-state index contributed by atoms with van der Waals surface area (Å²) in [7, 11) is 0. The van der Waals surface area contributed by atoms with Crippen molar-refractivity contribution < 1.29 is 9.59 Å². The Morgan fingerprint density at radius 3 is 2.60 bits per heavy atom. The van der Waals surface area contributed by atoms with Crippen molar-refractivity contribution in [3.8, 4) is 0 Å². The first kappa shape index (κ1) is 16.3. The predicted molar refractivity (Wildman–Crippen MR) is 81.7 cm³/mol. The van der Waals surface area contributed by atoms with Gasteiger partial charge in [0.15, 0.2) is 0 Å². The Morgan fingerprint density at radius 1 is 1.25 bits per heavy atom. The highest BCUT2D eigenvalue weighted by Gasteiger charge is 2.28. The van der Waals surface area contributed by atoms with E-state index in [9.17, 15) is 9.59 Å². The van der Waals surface area contributed by atoms with E-state index in [1.165, 1.54) is 0 Å². The van der Waals surface area contributed by atoms with Crippen LogP contribution in [0.2, 0.25) is 0 Å². The zero-order chi connectivity index (χ0) is 13.7. The smallest absolute Gasteiger partial charge is 0.224 e. The van der Waals surface area contributed by atoms with Crippen molar-refractivity contribution in [3.05, 3.63) is 24.3 Å². The number of carbonyl (C=O) groups is 2. The predicted octanol–water partition coefficient (Wildman–Crippen LogP) is 1.94. The molecule has 0 unspecified atom stereocenters. The molecule has 2 amide bonds. The highest BCUT2D eigenvalue weighted by Crippen LogP contribution is 2.28. The van der Waals surface area contributed by atoms with Gasteiger partial charge in [-0.25, -0.2) is 0 Å². The number of amides is 2. The molecule has 0 aromatic heterocycles. The molecular formula is C14H20ClN3O2. The molecule has 0 bridgehead atoms. The van der Waals surface area contributed by atoms with Crippen LogP contribution >= 0.6 is 12.4 Å². The van der Waals surface area contributed by atoms with Crippen LogP contribution in [-0.2, 0) is 9.59 Å². The standard InChI is InChI=1S/C14H19N3O2.ClH/c15-11-4-1-2-5-12(11)17-13(18)6-3-9-16-14(19)10-7-8-10;/h1-2,4-5,10H,3,6-9,15H2,(H,16,19)(H,17,18);1H. The quantitative estimate of drug-likeness (QED) is 0.554. The number of benzene rings is 1. The zero-order valence-corrected chi connectivity index (χ0v) is 12.0. The molecule has 5 nitrogen and oxygen atoms in total. The summed E-state index contributed by atoms with van der Waals surface area (Å²) in [5, 5.41) is 5.59. The normalized spacial score (nSPS) is 13.2. The van der Waals surface area contributed by atoms with Gasteiger partial charge in [0.05, 0.1) is 11.4 Å². The van der Waals surface area contributed by atoms with Crippen molar-refractivity contribution in [1.82, 2.24) is 5.32 Å². The minimum Gasteiger partial charge on any atom is -0.397 e.